The van der Waals surface area contributed by atoms with E-state index in [1.165, 1.54) is 11.3 Å². The molecule has 1 aliphatic heterocycles. The maximum Gasteiger partial charge on any atom is 0.393 e. The summed E-state index contributed by atoms with van der Waals surface area (Å²) in [5, 5.41) is 15.2. The van der Waals surface area contributed by atoms with Crippen LogP contribution in [0.4, 0.5) is 18.0 Å². The highest BCUT2D eigenvalue weighted by atomic mass is 32.1. The maximum absolute atomic E-state index is 12.9. The van der Waals surface area contributed by atoms with Gasteiger partial charge in [-0.05, 0) is 11.4 Å². The van der Waals surface area contributed by atoms with Crippen LogP contribution in [0.25, 0.3) is 0 Å². The molecule has 1 fully saturated rings. The number of carbonyl (C=O) groups excluding carboxylic acids is 2. The number of carboxylic acid groups (broad SMARTS) is 1. The number of carboxylic acids is 1. The van der Waals surface area contributed by atoms with Crippen molar-refractivity contribution in [2.24, 2.45) is 11.8 Å². The van der Waals surface area contributed by atoms with Gasteiger partial charge >= 0.3 is 18.2 Å². The van der Waals surface area contributed by atoms with Crippen LogP contribution in [0.5, 0.6) is 0 Å². The SMILES string of the molecule is O=C(CN1C[C@@H](C(F)(F)F)[C@H](C(=O)O)C1)NC(=O)NCc1cccs1. The Bertz CT molecular complexity index is 636. The van der Waals surface area contributed by atoms with Gasteiger partial charge < -0.3 is 10.4 Å². The van der Waals surface area contributed by atoms with Gasteiger partial charge in [0, 0.05) is 18.0 Å². The van der Waals surface area contributed by atoms with Crippen LogP contribution in [0.15, 0.2) is 17.5 Å². The summed E-state index contributed by atoms with van der Waals surface area (Å²) in [6.45, 7) is -1.26. The lowest BCUT2D eigenvalue weighted by Gasteiger charge is -2.18. The highest BCUT2D eigenvalue weighted by Gasteiger charge is 2.52. The molecule has 25 heavy (non-hydrogen) atoms. The van der Waals surface area contributed by atoms with Gasteiger partial charge in [-0.2, -0.15) is 13.2 Å². The maximum atomic E-state index is 12.9. The first-order chi connectivity index (χ1) is 11.7. The van der Waals surface area contributed by atoms with Crippen LogP contribution in [-0.4, -0.2) is 53.7 Å². The number of nitrogens with one attached hydrogen (secondary N) is 2. The van der Waals surface area contributed by atoms with E-state index in [9.17, 15) is 27.6 Å². The number of amides is 3. The van der Waals surface area contributed by atoms with Crippen molar-refractivity contribution in [1.29, 1.82) is 0 Å². The Morgan fingerprint density at radius 1 is 1.32 bits per heavy atom. The zero-order valence-electron chi connectivity index (χ0n) is 12.9. The van der Waals surface area contributed by atoms with Gasteiger partial charge in [0.25, 0.3) is 0 Å². The molecule has 2 rings (SSSR count). The van der Waals surface area contributed by atoms with Crippen LogP contribution in [0.1, 0.15) is 4.88 Å². The molecule has 0 unspecified atom stereocenters. The van der Waals surface area contributed by atoms with Crippen LogP contribution >= 0.6 is 11.3 Å². The lowest BCUT2D eigenvalue weighted by atomic mass is 9.96. The van der Waals surface area contributed by atoms with E-state index in [1.807, 2.05) is 10.7 Å². The fourth-order valence-corrected chi connectivity index (χ4v) is 3.23. The average Bonchev–Trinajstić information content (AvgIpc) is 3.13. The Balaban J connectivity index is 1.82. The van der Waals surface area contributed by atoms with Crippen LogP contribution in [0.3, 0.4) is 0 Å². The third kappa shape index (κ3) is 5.43. The second-order valence-electron chi connectivity index (χ2n) is 5.60. The molecular formula is C14H16F3N3O4S. The third-order valence-electron chi connectivity index (χ3n) is 3.76. The van der Waals surface area contributed by atoms with Crippen molar-refractivity contribution in [2.75, 3.05) is 19.6 Å². The number of hydrogen-bond acceptors (Lipinski definition) is 5. The molecule has 2 heterocycles. The van der Waals surface area contributed by atoms with Crippen molar-refractivity contribution in [3.05, 3.63) is 22.4 Å². The molecule has 138 valence electrons. The average molecular weight is 379 g/mol. The van der Waals surface area contributed by atoms with E-state index >= 15 is 0 Å². The minimum absolute atomic E-state index is 0.220. The van der Waals surface area contributed by atoms with Gasteiger partial charge in [0.1, 0.15) is 0 Å². The number of hydrogen-bond donors (Lipinski definition) is 3. The Morgan fingerprint density at radius 2 is 2.04 bits per heavy atom. The van der Waals surface area contributed by atoms with Crippen LogP contribution in [0.2, 0.25) is 0 Å². The number of imide groups is 1. The Hall–Kier alpha value is -2.14. The molecule has 2 atom stereocenters. The predicted octanol–water partition coefficient (Wildman–Crippen LogP) is 1.27. The lowest BCUT2D eigenvalue weighted by Crippen LogP contribution is -2.44. The van der Waals surface area contributed by atoms with Gasteiger partial charge in [-0.1, -0.05) is 6.07 Å². The molecule has 3 N–H and O–H groups in total. The van der Waals surface area contributed by atoms with Crippen molar-refractivity contribution < 1.29 is 32.7 Å². The normalized spacial score (nSPS) is 21.1. The quantitative estimate of drug-likeness (QED) is 0.716. The summed E-state index contributed by atoms with van der Waals surface area (Å²) < 4.78 is 38.6. The number of carbonyl (C=O) groups is 3. The van der Waals surface area contributed by atoms with Crippen molar-refractivity contribution >= 4 is 29.2 Å². The zero-order valence-corrected chi connectivity index (χ0v) is 13.7. The van der Waals surface area contributed by atoms with E-state index in [0.29, 0.717) is 0 Å². The number of aliphatic carboxylic acids is 1. The Morgan fingerprint density at radius 3 is 2.56 bits per heavy atom. The molecule has 1 aliphatic rings. The minimum atomic E-state index is -4.66. The van der Waals surface area contributed by atoms with Crippen molar-refractivity contribution in [2.45, 2.75) is 12.7 Å². The largest absolute Gasteiger partial charge is 0.481 e. The van der Waals surface area contributed by atoms with E-state index in [2.05, 4.69) is 5.32 Å². The molecule has 1 aromatic heterocycles. The first-order valence-corrected chi connectivity index (χ1v) is 8.16. The summed E-state index contributed by atoms with van der Waals surface area (Å²) in [6, 6.07) is 2.83. The van der Waals surface area contributed by atoms with E-state index in [-0.39, 0.29) is 6.54 Å². The summed E-state index contributed by atoms with van der Waals surface area (Å²) in [5.41, 5.74) is 0. The smallest absolute Gasteiger partial charge is 0.393 e. The van der Waals surface area contributed by atoms with Gasteiger partial charge in [0.15, 0.2) is 0 Å². The number of halogens is 3. The summed E-state index contributed by atoms with van der Waals surface area (Å²) in [7, 11) is 0. The van der Waals surface area contributed by atoms with E-state index in [0.717, 1.165) is 9.78 Å². The van der Waals surface area contributed by atoms with Gasteiger partial charge in [0.2, 0.25) is 5.91 Å². The molecule has 0 saturated carbocycles. The highest BCUT2D eigenvalue weighted by molar-refractivity contribution is 7.09. The number of thiophene rings is 1. The molecule has 0 aromatic carbocycles. The van der Waals surface area contributed by atoms with Crippen LogP contribution in [0, 0.1) is 11.8 Å². The minimum Gasteiger partial charge on any atom is -0.481 e. The van der Waals surface area contributed by atoms with E-state index in [4.69, 9.17) is 5.11 Å². The summed E-state index contributed by atoms with van der Waals surface area (Å²) in [5.74, 6) is -6.01. The van der Waals surface area contributed by atoms with E-state index in [1.54, 1.807) is 12.1 Å². The van der Waals surface area contributed by atoms with E-state index < -0.39 is 55.6 Å². The third-order valence-corrected chi connectivity index (χ3v) is 4.63. The molecule has 1 saturated heterocycles. The number of nitrogens with zero attached hydrogens (tertiary/aromatic N) is 1. The van der Waals surface area contributed by atoms with Gasteiger partial charge in [-0.25, -0.2) is 4.79 Å². The zero-order chi connectivity index (χ0) is 18.6. The summed E-state index contributed by atoms with van der Waals surface area (Å²) in [4.78, 5) is 36.3. The number of urea groups is 1. The summed E-state index contributed by atoms with van der Waals surface area (Å²) >= 11 is 1.42. The molecule has 0 radical (unpaired) electrons. The van der Waals surface area contributed by atoms with Crippen molar-refractivity contribution in [3.63, 3.8) is 0 Å². The monoisotopic (exact) mass is 379 g/mol. The molecule has 0 spiro atoms. The molecule has 0 bridgehead atoms. The second kappa shape index (κ2) is 7.83. The molecule has 0 aliphatic carbocycles. The summed E-state index contributed by atoms with van der Waals surface area (Å²) in [6.07, 6.45) is -4.66. The van der Waals surface area contributed by atoms with Crippen LogP contribution < -0.4 is 10.6 Å². The van der Waals surface area contributed by atoms with Gasteiger partial charge in [-0.3, -0.25) is 19.8 Å². The topological polar surface area (TPSA) is 98.7 Å². The fourth-order valence-electron chi connectivity index (χ4n) is 2.59. The fraction of sp³-hybridized carbons (Fsp3) is 0.500. The first-order valence-electron chi connectivity index (χ1n) is 7.28. The molecule has 11 heteroatoms. The number of alkyl halides is 3. The molecule has 7 nitrogen and oxygen atoms in total. The molecule has 1 aromatic rings. The number of rotatable bonds is 5. The van der Waals surface area contributed by atoms with Gasteiger partial charge in [0.05, 0.1) is 24.9 Å². The number of likely N-dealkylation sites (tertiary alicyclic amines) is 1. The molecular weight excluding hydrogens is 363 g/mol. The van der Waals surface area contributed by atoms with Gasteiger partial charge in [-0.15, -0.1) is 11.3 Å². The van der Waals surface area contributed by atoms with Crippen LogP contribution in [-0.2, 0) is 16.1 Å². The van der Waals surface area contributed by atoms with Crippen molar-refractivity contribution in [3.8, 4) is 0 Å². The lowest BCUT2D eigenvalue weighted by molar-refractivity contribution is -0.188. The van der Waals surface area contributed by atoms with Crippen molar-refractivity contribution in [1.82, 2.24) is 15.5 Å². The first kappa shape index (κ1) is 19.2. The predicted molar refractivity (Wildman–Crippen MR) is 81.8 cm³/mol. The second-order valence-corrected chi connectivity index (χ2v) is 6.63. The Labute approximate surface area is 144 Å². The Kier molecular flexibility index (Phi) is 6.01. The molecule has 3 amide bonds. The highest BCUT2D eigenvalue weighted by Crippen LogP contribution is 2.37. The standard InChI is InChI=1S/C14H16F3N3O4S/c15-14(16,17)10-6-20(5-9(10)12(22)23)7-11(21)19-13(24)18-4-8-2-1-3-25-8/h1-3,9-10H,4-7H2,(H,22,23)(H2,18,19,21,24)/t9-,10-/m1/s1.